The Morgan fingerprint density at radius 3 is 2.36 bits per heavy atom. The summed E-state index contributed by atoms with van der Waals surface area (Å²) in [4.78, 5) is 7.14. The Hall–Kier alpha value is -2.15. The minimum atomic E-state index is -2.47. The number of pyridine rings is 1. The molecule has 3 aromatic rings. The van der Waals surface area contributed by atoms with Gasteiger partial charge in [-0.25, -0.2) is 4.39 Å². The van der Waals surface area contributed by atoms with Crippen molar-refractivity contribution in [1.82, 2.24) is 9.88 Å². The summed E-state index contributed by atoms with van der Waals surface area (Å²) in [7, 11) is 3.53. The summed E-state index contributed by atoms with van der Waals surface area (Å²) in [6, 6.07) is 10.6. The number of fused-ring (bicyclic) bond motifs is 1. The summed E-state index contributed by atoms with van der Waals surface area (Å²) < 4.78 is 26.8. The Balaban J connectivity index is 0.000000709. The molecule has 0 aliphatic heterocycles. The van der Waals surface area contributed by atoms with E-state index in [1.807, 2.05) is 44.2 Å². The van der Waals surface area contributed by atoms with Crippen LogP contribution in [0.3, 0.4) is 0 Å². The normalized spacial score (nSPS) is 16.2. The fourth-order valence-electron chi connectivity index (χ4n) is 4.00. The average Bonchev–Trinajstić information content (AvgIpc) is 2.72. The Bertz CT molecular complexity index is 1200. The SMILES string of the molecule is C=S(C)(=O)c1cnc2ccc(-c3cc(F)cc(Cl)c3)cc2c1NC1CCCCC1.CN(C)C. The van der Waals surface area contributed by atoms with Gasteiger partial charge in [-0.2, -0.15) is 0 Å². The molecule has 1 saturated carbocycles. The van der Waals surface area contributed by atoms with E-state index >= 15 is 0 Å². The van der Waals surface area contributed by atoms with Crippen molar-refractivity contribution in [2.45, 2.75) is 43.0 Å². The number of hydrogen-bond acceptors (Lipinski definition) is 4. The van der Waals surface area contributed by atoms with E-state index in [0.29, 0.717) is 21.5 Å². The van der Waals surface area contributed by atoms with E-state index in [2.05, 4.69) is 16.2 Å². The number of rotatable bonds is 4. The van der Waals surface area contributed by atoms with Crippen LogP contribution in [0.25, 0.3) is 22.0 Å². The lowest BCUT2D eigenvalue weighted by Crippen LogP contribution is -2.23. The molecule has 0 amide bonds. The molecule has 4 nitrogen and oxygen atoms in total. The highest BCUT2D eigenvalue weighted by atomic mass is 35.5. The zero-order valence-corrected chi connectivity index (χ0v) is 21.4. The molecule has 4 rings (SSSR count). The number of aromatic nitrogens is 1. The van der Waals surface area contributed by atoms with Crippen molar-refractivity contribution >= 4 is 43.6 Å². The van der Waals surface area contributed by atoms with Crippen molar-refractivity contribution in [1.29, 1.82) is 0 Å². The molecule has 1 aliphatic rings. The van der Waals surface area contributed by atoms with Gasteiger partial charge in [-0.3, -0.25) is 9.19 Å². The molecule has 0 radical (unpaired) electrons. The summed E-state index contributed by atoms with van der Waals surface area (Å²) in [5, 5.41) is 4.86. The number of nitrogens with zero attached hydrogens (tertiary/aromatic N) is 2. The fourth-order valence-corrected chi connectivity index (χ4v) is 5.10. The molecule has 7 heteroatoms. The van der Waals surface area contributed by atoms with Crippen molar-refractivity contribution < 1.29 is 8.60 Å². The van der Waals surface area contributed by atoms with Crippen molar-refractivity contribution in [3.05, 3.63) is 53.4 Å². The van der Waals surface area contributed by atoms with E-state index in [1.54, 1.807) is 18.5 Å². The van der Waals surface area contributed by atoms with E-state index < -0.39 is 9.52 Å². The van der Waals surface area contributed by atoms with Gasteiger partial charge in [-0.1, -0.05) is 36.9 Å². The molecule has 1 atom stereocenters. The van der Waals surface area contributed by atoms with Crippen LogP contribution in [0.1, 0.15) is 32.1 Å². The lowest BCUT2D eigenvalue weighted by Gasteiger charge is -2.26. The summed E-state index contributed by atoms with van der Waals surface area (Å²) in [6.45, 7) is 0. The minimum absolute atomic E-state index is 0.335. The van der Waals surface area contributed by atoms with Crippen LogP contribution in [-0.4, -0.2) is 53.4 Å². The van der Waals surface area contributed by atoms with Crippen molar-refractivity contribution in [2.24, 2.45) is 0 Å². The standard InChI is InChI=1S/C23H24ClFN2OS.C3H9N/c1-29(2,28)22-14-26-21-9-8-15(16-10-17(24)13-18(25)11-16)12-20(21)23(22)27-19-6-4-3-5-7-19;1-4(2)3/h8-14,19H,1,3-7H2,2H3,(H,26,27);1-3H3. The number of anilines is 1. The van der Waals surface area contributed by atoms with Crippen molar-refractivity contribution in [3.8, 4) is 11.1 Å². The molecule has 0 saturated heterocycles. The van der Waals surface area contributed by atoms with Gasteiger partial charge < -0.3 is 10.2 Å². The summed E-state index contributed by atoms with van der Waals surface area (Å²) >= 11 is 6.05. The monoisotopic (exact) mass is 489 g/mol. The van der Waals surface area contributed by atoms with Gasteiger partial charge in [0, 0.05) is 28.9 Å². The third kappa shape index (κ3) is 6.92. The predicted octanol–water partition coefficient (Wildman–Crippen LogP) is 6.32. The van der Waals surface area contributed by atoms with Gasteiger partial charge in [-0.05, 0) is 90.8 Å². The van der Waals surface area contributed by atoms with Crippen LogP contribution in [0.5, 0.6) is 0 Å². The van der Waals surface area contributed by atoms with Gasteiger partial charge in [-0.15, -0.1) is 0 Å². The Labute approximate surface area is 202 Å². The molecule has 1 aliphatic carbocycles. The molecule has 0 spiro atoms. The maximum Gasteiger partial charge on any atom is 0.125 e. The first kappa shape index (κ1) is 25.5. The Kier molecular flexibility index (Phi) is 8.38. The second kappa shape index (κ2) is 10.9. The van der Waals surface area contributed by atoms with Gasteiger partial charge in [0.1, 0.15) is 5.82 Å². The number of benzene rings is 2. The smallest absolute Gasteiger partial charge is 0.125 e. The molecule has 1 heterocycles. The first-order valence-corrected chi connectivity index (χ1v) is 13.6. The van der Waals surface area contributed by atoms with E-state index in [0.717, 1.165) is 35.0 Å². The second-order valence-corrected chi connectivity index (χ2v) is 12.1. The fraction of sp³-hybridized carbons (Fsp3) is 0.385. The average molecular weight is 490 g/mol. The van der Waals surface area contributed by atoms with E-state index in [9.17, 15) is 8.60 Å². The molecule has 0 bridgehead atoms. The quantitative estimate of drug-likeness (QED) is 0.435. The lowest BCUT2D eigenvalue weighted by atomic mass is 9.95. The first-order valence-electron chi connectivity index (χ1n) is 11.1. The summed E-state index contributed by atoms with van der Waals surface area (Å²) in [5.41, 5.74) is 3.14. The summed E-state index contributed by atoms with van der Waals surface area (Å²) in [5.74, 6) is 3.51. The molecular weight excluding hydrogens is 457 g/mol. The minimum Gasteiger partial charge on any atom is -0.381 e. The van der Waals surface area contributed by atoms with Crippen LogP contribution < -0.4 is 5.32 Å². The van der Waals surface area contributed by atoms with Crippen LogP contribution in [-0.2, 0) is 9.52 Å². The molecular formula is C26H33ClFN3OS. The van der Waals surface area contributed by atoms with Crippen LogP contribution in [0.2, 0.25) is 5.02 Å². The maximum absolute atomic E-state index is 13.9. The molecule has 178 valence electrons. The largest absolute Gasteiger partial charge is 0.381 e. The third-order valence-electron chi connectivity index (χ3n) is 5.45. The van der Waals surface area contributed by atoms with Crippen LogP contribution in [0.15, 0.2) is 47.5 Å². The molecule has 2 aromatic carbocycles. The maximum atomic E-state index is 13.9. The predicted molar refractivity (Wildman–Crippen MR) is 142 cm³/mol. The Morgan fingerprint density at radius 1 is 1.09 bits per heavy atom. The molecule has 1 unspecified atom stereocenters. The first-order chi connectivity index (χ1) is 15.5. The van der Waals surface area contributed by atoms with Crippen molar-refractivity contribution in [3.63, 3.8) is 0 Å². The van der Waals surface area contributed by atoms with E-state index in [-0.39, 0.29) is 5.82 Å². The van der Waals surface area contributed by atoms with Crippen LogP contribution >= 0.6 is 11.6 Å². The highest BCUT2D eigenvalue weighted by Crippen LogP contribution is 2.35. The van der Waals surface area contributed by atoms with Gasteiger partial charge in [0.2, 0.25) is 0 Å². The van der Waals surface area contributed by atoms with Gasteiger partial charge >= 0.3 is 0 Å². The van der Waals surface area contributed by atoms with Gasteiger partial charge in [0.05, 0.1) is 16.1 Å². The molecule has 1 N–H and O–H groups in total. The van der Waals surface area contributed by atoms with Crippen LogP contribution in [0.4, 0.5) is 10.1 Å². The number of halogens is 2. The number of nitrogens with one attached hydrogen (secondary N) is 1. The second-order valence-electron chi connectivity index (χ2n) is 9.21. The zero-order chi connectivity index (χ0) is 24.2. The highest BCUT2D eigenvalue weighted by Gasteiger charge is 2.19. The van der Waals surface area contributed by atoms with Crippen molar-refractivity contribution in [2.75, 3.05) is 32.7 Å². The highest BCUT2D eigenvalue weighted by molar-refractivity contribution is 7.99. The van der Waals surface area contributed by atoms with E-state index in [4.69, 9.17) is 11.6 Å². The van der Waals surface area contributed by atoms with Crippen LogP contribution in [0, 0.1) is 5.82 Å². The molecule has 33 heavy (non-hydrogen) atoms. The van der Waals surface area contributed by atoms with Gasteiger partial charge in [0.25, 0.3) is 0 Å². The third-order valence-corrected chi connectivity index (χ3v) is 6.91. The molecule has 1 aromatic heterocycles. The number of hydrogen-bond donors (Lipinski definition) is 1. The summed E-state index contributed by atoms with van der Waals surface area (Å²) in [6.07, 6.45) is 9.12. The Morgan fingerprint density at radius 2 is 1.76 bits per heavy atom. The topological polar surface area (TPSA) is 45.2 Å². The lowest BCUT2D eigenvalue weighted by molar-refractivity contribution is 0.462. The molecule has 1 fully saturated rings. The van der Waals surface area contributed by atoms with Gasteiger partial charge in [0.15, 0.2) is 0 Å². The zero-order valence-electron chi connectivity index (χ0n) is 19.8. The van der Waals surface area contributed by atoms with E-state index in [1.165, 1.54) is 31.4 Å².